The summed E-state index contributed by atoms with van der Waals surface area (Å²) in [5.41, 5.74) is -0.814. The second kappa shape index (κ2) is 8.45. The summed E-state index contributed by atoms with van der Waals surface area (Å²) in [7, 11) is 0. The molecule has 2 aromatic carbocycles. The maximum absolute atomic E-state index is 12.9. The molecule has 11 heteroatoms. The number of nitrogens with zero attached hydrogens (tertiary/aromatic N) is 4. The topological polar surface area (TPSA) is 45.4 Å². The van der Waals surface area contributed by atoms with Crippen LogP contribution in [-0.4, -0.2) is 41.2 Å². The molecule has 0 aliphatic carbocycles. The zero-order valence-electron chi connectivity index (χ0n) is 16.6. The first-order chi connectivity index (χ1) is 15.1. The van der Waals surface area contributed by atoms with Crippen LogP contribution < -0.4 is 4.90 Å². The molecule has 2 heterocycles. The van der Waals surface area contributed by atoms with Gasteiger partial charge in [-0.2, -0.15) is 31.3 Å². The second-order valence-electron chi connectivity index (χ2n) is 7.41. The Hall–Kier alpha value is -3.08. The number of halogens is 6. The van der Waals surface area contributed by atoms with Crippen molar-refractivity contribution in [1.29, 1.82) is 0 Å². The minimum atomic E-state index is -4.47. The van der Waals surface area contributed by atoms with Crippen LogP contribution in [0.2, 0.25) is 0 Å². The molecule has 1 aromatic heterocycles. The number of rotatable bonds is 4. The van der Waals surface area contributed by atoms with Crippen molar-refractivity contribution in [3.8, 4) is 11.5 Å². The van der Waals surface area contributed by atoms with E-state index < -0.39 is 23.5 Å². The number of piperazine rings is 1. The Bertz CT molecular complexity index is 1070. The zero-order valence-corrected chi connectivity index (χ0v) is 16.6. The first-order valence-corrected chi connectivity index (χ1v) is 9.74. The Morgan fingerprint density at radius 3 is 2.09 bits per heavy atom. The fourth-order valence-electron chi connectivity index (χ4n) is 3.51. The predicted molar refractivity (Wildman–Crippen MR) is 104 cm³/mol. The number of hydrogen-bond acceptors (Lipinski definition) is 5. The summed E-state index contributed by atoms with van der Waals surface area (Å²) in [6.07, 6.45) is -8.87. The highest BCUT2D eigenvalue weighted by molar-refractivity contribution is 5.54. The van der Waals surface area contributed by atoms with Gasteiger partial charge in [0.1, 0.15) is 0 Å². The molecule has 170 valence electrons. The van der Waals surface area contributed by atoms with Gasteiger partial charge in [0.2, 0.25) is 0 Å². The number of aromatic nitrogens is 2. The molecule has 0 unspecified atom stereocenters. The fraction of sp³-hybridized carbons (Fsp3) is 0.333. The zero-order chi connectivity index (χ0) is 22.9. The van der Waals surface area contributed by atoms with Gasteiger partial charge in [-0.1, -0.05) is 17.3 Å². The minimum absolute atomic E-state index is 0.00583. The van der Waals surface area contributed by atoms with Crippen LogP contribution in [0.15, 0.2) is 53.1 Å². The Morgan fingerprint density at radius 2 is 1.44 bits per heavy atom. The highest BCUT2D eigenvalue weighted by Gasteiger charge is 2.32. The van der Waals surface area contributed by atoms with Gasteiger partial charge in [-0.15, -0.1) is 0 Å². The number of alkyl halides is 6. The number of anilines is 1. The lowest BCUT2D eigenvalue weighted by Gasteiger charge is -2.35. The summed E-state index contributed by atoms with van der Waals surface area (Å²) >= 11 is 0. The van der Waals surface area contributed by atoms with Crippen molar-refractivity contribution in [3.63, 3.8) is 0 Å². The van der Waals surface area contributed by atoms with Crippen molar-refractivity contribution in [2.45, 2.75) is 18.9 Å². The van der Waals surface area contributed by atoms with E-state index in [1.807, 2.05) is 9.80 Å². The van der Waals surface area contributed by atoms with E-state index in [1.165, 1.54) is 18.2 Å². The quantitative estimate of drug-likeness (QED) is 0.512. The number of hydrogen-bond donors (Lipinski definition) is 0. The van der Waals surface area contributed by atoms with Gasteiger partial charge >= 0.3 is 12.4 Å². The van der Waals surface area contributed by atoms with Gasteiger partial charge in [0.05, 0.1) is 17.7 Å². The van der Waals surface area contributed by atoms with Gasteiger partial charge < -0.3 is 9.42 Å². The summed E-state index contributed by atoms with van der Waals surface area (Å²) in [5.74, 6) is 0.318. The molecular weight excluding hydrogens is 438 g/mol. The molecule has 1 aliphatic heterocycles. The third-order valence-electron chi connectivity index (χ3n) is 5.18. The van der Waals surface area contributed by atoms with Crippen LogP contribution in [0.4, 0.5) is 32.0 Å². The summed E-state index contributed by atoms with van der Waals surface area (Å²) in [6.45, 7) is 2.46. The lowest BCUT2D eigenvalue weighted by Crippen LogP contribution is -2.46. The third kappa shape index (κ3) is 5.04. The van der Waals surface area contributed by atoms with E-state index in [1.54, 1.807) is 6.07 Å². The average molecular weight is 456 g/mol. The summed E-state index contributed by atoms with van der Waals surface area (Å²) in [5, 5.41) is 3.85. The summed E-state index contributed by atoms with van der Waals surface area (Å²) in [4.78, 5) is 8.06. The van der Waals surface area contributed by atoms with Crippen molar-refractivity contribution >= 4 is 5.69 Å². The van der Waals surface area contributed by atoms with Crippen molar-refractivity contribution in [2.24, 2.45) is 0 Å². The lowest BCUT2D eigenvalue weighted by atomic mass is 10.1. The maximum atomic E-state index is 12.9. The van der Waals surface area contributed by atoms with Crippen LogP contribution in [0.1, 0.15) is 17.0 Å². The molecule has 0 saturated carbocycles. The molecule has 0 bridgehead atoms. The summed E-state index contributed by atoms with van der Waals surface area (Å²) < 4.78 is 82.6. The molecule has 1 aliphatic rings. The molecule has 32 heavy (non-hydrogen) atoms. The Balaban J connectivity index is 1.37. The summed E-state index contributed by atoms with van der Waals surface area (Å²) in [6, 6.07) is 9.85. The van der Waals surface area contributed by atoms with Crippen LogP contribution >= 0.6 is 0 Å². The lowest BCUT2D eigenvalue weighted by molar-refractivity contribution is -0.138. The van der Waals surface area contributed by atoms with E-state index in [9.17, 15) is 26.3 Å². The van der Waals surface area contributed by atoms with Crippen LogP contribution in [0.3, 0.4) is 0 Å². The first-order valence-electron chi connectivity index (χ1n) is 9.74. The van der Waals surface area contributed by atoms with Gasteiger partial charge in [0, 0.05) is 37.4 Å². The monoisotopic (exact) mass is 456 g/mol. The molecule has 1 fully saturated rings. The molecule has 0 spiro atoms. The van der Waals surface area contributed by atoms with E-state index in [2.05, 4.69) is 10.1 Å². The van der Waals surface area contributed by atoms with Crippen LogP contribution in [-0.2, 0) is 18.9 Å². The van der Waals surface area contributed by atoms with E-state index in [-0.39, 0.29) is 11.5 Å². The van der Waals surface area contributed by atoms with Gasteiger partial charge in [0.25, 0.3) is 5.89 Å². The van der Waals surface area contributed by atoms with E-state index in [0.717, 1.165) is 24.3 Å². The van der Waals surface area contributed by atoms with Gasteiger partial charge in [0.15, 0.2) is 5.82 Å². The van der Waals surface area contributed by atoms with Gasteiger partial charge in [-0.05, 0) is 36.4 Å². The first kappa shape index (κ1) is 22.1. The Kier molecular flexibility index (Phi) is 5.85. The highest BCUT2D eigenvalue weighted by Crippen LogP contribution is 2.33. The second-order valence-corrected chi connectivity index (χ2v) is 7.41. The maximum Gasteiger partial charge on any atom is 0.416 e. The van der Waals surface area contributed by atoms with Crippen LogP contribution in [0.25, 0.3) is 11.5 Å². The molecule has 3 aromatic rings. The smallest absolute Gasteiger partial charge is 0.369 e. The largest absolute Gasteiger partial charge is 0.416 e. The minimum Gasteiger partial charge on any atom is -0.369 e. The molecule has 0 N–H and O–H groups in total. The number of benzene rings is 2. The molecule has 1 saturated heterocycles. The molecule has 0 radical (unpaired) electrons. The molecular formula is C21H18F6N4O. The SMILES string of the molecule is FC(F)(F)c1cccc(-c2nc(CN3CCN(c4cccc(C(F)(F)F)c4)CC3)no2)c1. The third-order valence-corrected chi connectivity index (χ3v) is 5.18. The Morgan fingerprint density at radius 1 is 0.812 bits per heavy atom. The van der Waals surface area contributed by atoms with E-state index >= 15 is 0 Å². The van der Waals surface area contributed by atoms with Crippen molar-refractivity contribution in [2.75, 3.05) is 31.1 Å². The van der Waals surface area contributed by atoms with Crippen LogP contribution in [0.5, 0.6) is 0 Å². The Labute approximate surface area is 179 Å². The van der Waals surface area contributed by atoms with Gasteiger partial charge in [-0.3, -0.25) is 4.90 Å². The molecule has 4 rings (SSSR count). The van der Waals surface area contributed by atoms with Crippen molar-refractivity contribution in [1.82, 2.24) is 15.0 Å². The molecule has 5 nitrogen and oxygen atoms in total. The van der Waals surface area contributed by atoms with Gasteiger partial charge in [-0.25, -0.2) is 0 Å². The molecule has 0 amide bonds. The van der Waals surface area contributed by atoms with E-state index in [0.29, 0.717) is 44.2 Å². The van der Waals surface area contributed by atoms with Crippen LogP contribution in [0, 0.1) is 0 Å². The van der Waals surface area contributed by atoms with Crippen molar-refractivity contribution < 1.29 is 30.9 Å². The van der Waals surface area contributed by atoms with Crippen molar-refractivity contribution in [3.05, 3.63) is 65.5 Å². The van der Waals surface area contributed by atoms with E-state index in [4.69, 9.17) is 4.52 Å². The predicted octanol–water partition coefficient (Wildman–Crippen LogP) is 5.10. The molecule has 0 atom stereocenters. The average Bonchev–Trinajstić information content (AvgIpc) is 3.22. The fourth-order valence-corrected chi connectivity index (χ4v) is 3.51. The standard InChI is InChI=1S/C21H18F6N4O/c22-20(23,24)15-4-1-3-14(11-15)19-28-18(29-32-19)13-30-7-9-31(10-8-30)17-6-2-5-16(12-17)21(25,26)27/h1-6,11-12H,7-10,13H2. The normalized spacial score (nSPS) is 15.9. The highest BCUT2D eigenvalue weighted by atomic mass is 19.4.